The van der Waals surface area contributed by atoms with Gasteiger partial charge in [-0.05, 0) is 25.7 Å². The Kier molecular flexibility index (Phi) is 10.4. The SMILES string of the molecule is CCCCCCCC(CCCCC)S(=O)(=O)C1CCOCC1. The van der Waals surface area contributed by atoms with Gasteiger partial charge >= 0.3 is 0 Å². The van der Waals surface area contributed by atoms with E-state index < -0.39 is 9.84 Å². The highest BCUT2D eigenvalue weighted by Crippen LogP contribution is 2.27. The van der Waals surface area contributed by atoms with Crippen LogP contribution < -0.4 is 0 Å². The summed E-state index contributed by atoms with van der Waals surface area (Å²) < 4.78 is 31.2. The molecule has 0 radical (unpaired) electrons. The van der Waals surface area contributed by atoms with Crippen LogP contribution in [0.4, 0.5) is 0 Å². The second-order valence-electron chi connectivity index (χ2n) is 6.72. The molecule has 1 saturated heterocycles. The van der Waals surface area contributed by atoms with Crippen LogP contribution in [0.25, 0.3) is 0 Å². The zero-order chi connectivity index (χ0) is 16.3. The standard InChI is InChI=1S/C18H36O3S/c1-3-5-7-8-10-12-17(11-9-6-4-2)22(19,20)18-13-15-21-16-14-18/h17-18H,3-16H2,1-2H3. The molecule has 4 heteroatoms. The molecular weight excluding hydrogens is 296 g/mol. The van der Waals surface area contributed by atoms with Gasteiger partial charge in [-0.3, -0.25) is 0 Å². The van der Waals surface area contributed by atoms with Gasteiger partial charge in [0.25, 0.3) is 0 Å². The van der Waals surface area contributed by atoms with E-state index in [1.165, 1.54) is 25.7 Å². The molecule has 1 fully saturated rings. The van der Waals surface area contributed by atoms with Crippen molar-refractivity contribution in [2.24, 2.45) is 0 Å². The third kappa shape index (κ3) is 6.99. The summed E-state index contributed by atoms with van der Waals surface area (Å²) in [6.45, 7) is 5.61. The fraction of sp³-hybridized carbons (Fsp3) is 1.00. The molecule has 0 aromatic carbocycles. The summed E-state index contributed by atoms with van der Waals surface area (Å²) in [7, 11) is -2.98. The highest BCUT2D eigenvalue weighted by Gasteiger charge is 2.34. The van der Waals surface area contributed by atoms with Crippen LogP contribution in [0, 0.1) is 0 Å². The molecule has 1 heterocycles. The molecule has 0 N–H and O–H groups in total. The lowest BCUT2D eigenvalue weighted by Gasteiger charge is -2.27. The molecule has 1 unspecified atom stereocenters. The summed E-state index contributed by atoms with van der Waals surface area (Å²) in [5, 5.41) is -0.257. The summed E-state index contributed by atoms with van der Waals surface area (Å²) in [6.07, 6.45) is 12.5. The van der Waals surface area contributed by atoms with Gasteiger partial charge in [-0.25, -0.2) is 8.42 Å². The highest BCUT2D eigenvalue weighted by atomic mass is 32.2. The normalized spacial score (nSPS) is 18.5. The van der Waals surface area contributed by atoms with Crippen molar-refractivity contribution in [3.05, 3.63) is 0 Å². The number of ether oxygens (including phenoxy) is 1. The van der Waals surface area contributed by atoms with Crippen molar-refractivity contribution in [2.75, 3.05) is 13.2 Å². The first-order valence-corrected chi connectivity index (χ1v) is 11.0. The molecule has 132 valence electrons. The Balaban J connectivity index is 2.53. The van der Waals surface area contributed by atoms with Gasteiger partial charge in [0.2, 0.25) is 0 Å². The van der Waals surface area contributed by atoms with Crippen molar-refractivity contribution >= 4 is 9.84 Å². The number of rotatable bonds is 12. The van der Waals surface area contributed by atoms with Crippen LogP contribution in [-0.4, -0.2) is 32.1 Å². The quantitative estimate of drug-likeness (QED) is 0.478. The number of unbranched alkanes of at least 4 members (excludes halogenated alkanes) is 6. The Morgan fingerprint density at radius 2 is 1.36 bits per heavy atom. The van der Waals surface area contributed by atoms with Gasteiger partial charge in [0.15, 0.2) is 9.84 Å². The van der Waals surface area contributed by atoms with E-state index in [0.717, 1.165) is 38.5 Å². The molecule has 1 rings (SSSR count). The van der Waals surface area contributed by atoms with Gasteiger partial charge in [-0.15, -0.1) is 0 Å². The lowest BCUT2D eigenvalue weighted by atomic mass is 10.1. The van der Waals surface area contributed by atoms with Crippen molar-refractivity contribution in [3.63, 3.8) is 0 Å². The maximum Gasteiger partial charge on any atom is 0.156 e. The predicted molar refractivity (Wildman–Crippen MR) is 94.1 cm³/mol. The minimum absolute atomic E-state index is 0.108. The molecule has 0 aliphatic carbocycles. The highest BCUT2D eigenvalue weighted by molar-refractivity contribution is 7.92. The summed E-state index contributed by atoms with van der Waals surface area (Å²) in [4.78, 5) is 0. The maximum atomic E-state index is 12.9. The van der Waals surface area contributed by atoms with Gasteiger partial charge in [0, 0.05) is 13.2 Å². The van der Waals surface area contributed by atoms with E-state index in [0.29, 0.717) is 26.1 Å². The number of hydrogen-bond acceptors (Lipinski definition) is 3. The third-order valence-electron chi connectivity index (χ3n) is 4.86. The molecule has 1 aliphatic rings. The molecule has 0 spiro atoms. The van der Waals surface area contributed by atoms with Crippen LogP contribution >= 0.6 is 0 Å². The van der Waals surface area contributed by atoms with Crippen molar-refractivity contribution in [1.29, 1.82) is 0 Å². The molecule has 1 aliphatic heterocycles. The fourth-order valence-electron chi connectivity index (χ4n) is 3.35. The van der Waals surface area contributed by atoms with Crippen molar-refractivity contribution in [3.8, 4) is 0 Å². The second kappa shape index (κ2) is 11.4. The molecular formula is C18H36O3S. The first-order valence-electron chi connectivity index (χ1n) is 9.43. The summed E-state index contributed by atoms with van der Waals surface area (Å²) in [5.41, 5.74) is 0. The van der Waals surface area contributed by atoms with E-state index in [-0.39, 0.29) is 10.5 Å². The van der Waals surface area contributed by atoms with Gasteiger partial charge in [0.1, 0.15) is 0 Å². The van der Waals surface area contributed by atoms with Gasteiger partial charge in [-0.1, -0.05) is 65.2 Å². The zero-order valence-corrected chi connectivity index (χ0v) is 15.5. The van der Waals surface area contributed by atoms with Crippen LogP contribution in [-0.2, 0) is 14.6 Å². The van der Waals surface area contributed by atoms with Gasteiger partial charge in [-0.2, -0.15) is 0 Å². The van der Waals surface area contributed by atoms with E-state index in [2.05, 4.69) is 13.8 Å². The molecule has 22 heavy (non-hydrogen) atoms. The van der Waals surface area contributed by atoms with Crippen molar-refractivity contribution in [1.82, 2.24) is 0 Å². The Bertz CT molecular complexity index is 359. The fourth-order valence-corrected chi connectivity index (χ4v) is 5.73. The minimum atomic E-state index is -2.98. The van der Waals surface area contributed by atoms with Gasteiger partial charge < -0.3 is 4.74 Å². The lowest BCUT2D eigenvalue weighted by Crippen LogP contribution is -2.36. The summed E-state index contributed by atoms with van der Waals surface area (Å²) in [5.74, 6) is 0. The first-order chi connectivity index (χ1) is 10.6. The van der Waals surface area contributed by atoms with Gasteiger partial charge in [0.05, 0.1) is 10.5 Å². The van der Waals surface area contributed by atoms with Crippen molar-refractivity contribution < 1.29 is 13.2 Å². The summed E-state index contributed by atoms with van der Waals surface area (Å²) in [6, 6.07) is 0. The monoisotopic (exact) mass is 332 g/mol. The van der Waals surface area contributed by atoms with Crippen LogP contribution in [0.1, 0.15) is 90.9 Å². The average molecular weight is 333 g/mol. The van der Waals surface area contributed by atoms with Crippen LogP contribution in [0.15, 0.2) is 0 Å². The number of hydrogen-bond donors (Lipinski definition) is 0. The Hall–Kier alpha value is -0.0900. The van der Waals surface area contributed by atoms with E-state index in [9.17, 15) is 8.42 Å². The molecule has 0 amide bonds. The maximum absolute atomic E-state index is 12.9. The average Bonchev–Trinajstić information content (AvgIpc) is 2.54. The molecule has 0 aromatic heterocycles. The van der Waals surface area contributed by atoms with Crippen LogP contribution in [0.3, 0.4) is 0 Å². The molecule has 0 bridgehead atoms. The predicted octanol–water partition coefficient (Wildman–Crippen LogP) is 4.89. The number of sulfone groups is 1. The Morgan fingerprint density at radius 3 is 1.95 bits per heavy atom. The molecule has 3 nitrogen and oxygen atoms in total. The minimum Gasteiger partial charge on any atom is -0.381 e. The Morgan fingerprint density at radius 1 is 0.864 bits per heavy atom. The first kappa shape index (κ1) is 20.0. The van der Waals surface area contributed by atoms with Crippen LogP contribution in [0.5, 0.6) is 0 Å². The molecule has 0 aromatic rings. The van der Waals surface area contributed by atoms with E-state index in [4.69, 9.17) is 4.74 Å². The van der Waals surface area contributed by atoms with E-state index in [1.54, 1.807) is 0 Å². The molecule has 0 saturated carbocycles. The summed E-state index contributed by atoms with van der Waals surface area (Å²) >= 11 is 0. The van der Waals surface area contributed by atoms with E-state index in [1.807, 2.05) is 0 Å². The third-order valence-corrected chi connectivity index (χ3v) is 7.66. The second-order valence-corrected chi connectivity index (χ2v) is 9.23. The smallest absolute Gasteiger partial charge is 0.156 e. The van der Waals surface area contributed by atoms with Crippen LogP contribution in [0.2, 0.25) is 0 Å². The topological polar surface area (TPSA) is 43.4 Å². The Labute approximate surface area is 138 Å². The van der Waals surface area contributed by atoms with Crippen molar-refractivity contribution in [2.45, 2.75) is 101 Å². The van der Waals surface area contributed by atoms with E-state index >= 15 is 0 Å². The zero-order valence-electron chi connectivity index (χ0n) is 14.7. The molecule has 1 atom stereocenters. The largest absolute Gasteiger partial charge is 0.381 e. The lowest BCUT2D eigenvalue weighted by molar-refractivity contribution is 0.0981.